The molecule has 0 spiro atoms. The highest BCUT2D eigenvalue weighted by Gasteiger charge is 2.32. The van der Waals surface area contributed by atoms with E-state index in [1.807, 2.05) is 0 Å². The Kier molecular flexibility index (Phi) is 8.68. The van der Waals surface area contributed by atoms with Crippen molar-refractivity contribution in [1.82, 2.24) is 15.2 Å². The van der Waals surface area contributed by atoms with Crippen molar-refractivity contribution < 1.29 is 27.9 Å². The van der Waals surface area contributed by atoms with E-state index in [2.05, 4.69) is 27.7 Å². The highest BCUT2D eigenvalue weighted by molar-refractivity contribution is 5.81. The molecule has 1 fully saturated rings. The molecule has 10 heteroatoms. The standard InChI is InChI=1S/C27H33F3N4O3/c28-27(29,30)21-8-1-5-19(15-21)23(26(36)37)16-32-25(35)20-7-3-13-34(17-20)14-4-9-22-11-10-18-6-2-12-31-24(18)33-22/h1,5,8,10-11,15,20,23H,2-4,6-7,9,12-14,16-17H2,(H,31,33)(H,32,35)(H,36,37)/t20-,23?/m1/s1. The van der Waals surface area contributed by atoms with E-state index >= 15 is 0 Å². The lowest BCUT2D eigenvalue weighted by molar-refractivity contribution is -0.140. The number of aryl methyl sites for hydroxylation is 2. The molecule has 2 aliphatic rings. The van der Waals surface area contributed by atoms with E-state index in [1.165, 1.54) is 17.7 Å². The normalized spacial score (nSPS) is 18.9. The van der Waals surface area contributed by atoms with Crippen LogP contribution in [0.25, 0.3) is 0 Å². The van der Waals surface area contributed by atoms with Crippen LogP contribution in [-0.2, 0) is 28.6 Å². The third-order valence-electron chi connectivity index (χ3n) is 7.13. The monoisotopic (exact) mass is 518 g/mol. The lowest BCUT2D eigenvalue weighted by Gasteiger charge is -2.32. The van der Waals surface area contributed by atoms with Crippen LogP contribution in [0, 0.1) is 5.92 Å². The third kappa shape index (κ3) is 7.21. The highest BCUT2D eigenvalue weighted by Crippen LogP contribution is 2.31. The zero-order valence-electron chi connectivity index (χ0n) is 20.7. The largest absolute Gasteiger partial charge is 0.481 e. The van der Waals surface area contributed by atoms with Crippen molar-refractivity contribution in [2.24, 2.45) is 5.92 Å². The van der Waals surface area contributed by atoms with Gasteiger partial charge < -0.3 is 20.6 Å². The summed E-state index contributed by atoms with van der Waals surface area (Å²) in [6, 6.07) is 8.49. The molecule has 0 radical (unpaired) electrons. The number of alkyl halides is 3. The SMILES string of the molecule is O=C(O)C(CNC(=O)[C@@H]1CCCN(CCCc2ccc3c(n2)NCCC3)C1)c1cccc(C(F)(F)F)c1. The van der Waals surface area contributed by atoms with Gasteiger partial charge in [0.1, 0.15) is 5.82 Å². The highest BCUT2D eigenvalue weighted by atomic mass is 19.4. The van der Waals surface area contributed by atoms with Gasteiger partial charge in [0.05, 0.1) is 17.4 Å². The van der Waals surface area contributed by atoms with E-state index in [4.69, 9.17) is 4.98 Å². The Morgan fingerprint density at radius 2 is 2.05 bits per heavy atom. The number of halogens is 3. The molecule has 1 amide bonds. The number of likely N-dealkylation sites (tertiary alicyclic amines) is 1. The maximum Gasteiger partial charge on any atom is 0.416 e. The molecule has 0 aliphatic carbocycles. The van der Waals surface area contributed by atoms with Gasteiger partial charge in [0.2, 0.25) is 5.91 Å². The fourth-order valence-corrected chi connectivity index (χ4v) is 5.09. The first kappa shape index (κ1) is 26.9. The second-order valence-corrected chi connectivity index (χ2v) is 9.84. The maximum absolute atomic E-state index is 13.1. The summed E-state index contributed by atoms with van der Waals surface area (Å²) in [7, 11) is 0. The molecule has 7 nitrogen and oxygen atoms in total. The van der Waals surface area contributed by atoms with Gasteiger partial charge in [-0.15, -0.1) is 0 Å². The summed E-state index contributed by atoms with van der Waals surface area (Å²) in [6.45, 7) is 2.99. The lowest BCUT2D eigenvalue weighted by atomic mass is 9.94. The molecule has 0 bridgehead atoms. The van der Waals surface area contributed by atoms with E-state index in [9.17, 15) is 27.9 Å². The maximum atomic E-state index is 13.1. The number of benzene rings is 1. The molecule has 3 heterocycles. The number of carbonyl (C=O) groups excluding carboxylic acids is 1. The number of hydrogen-bond donors (Lipinski definition) is 3. The average Bonchev–Trinajstić information content (AvgIpc) is 2.88. The third-order valence-corrected chi connectivity index (χ3v) is 7.13. The smallest absolute Gasteiger partial charge is 0.416 e. The molecule has 37 heavy (non-hydrogen) atoms. The number of nitrogens with zero attached hydrogens (tertiary/aromatic N) is 2. The topological polar surface area (TPSA) is 94.6 Å². The second kappa shape index (κ2) is 11.9. The van der Waals surface area contributed by atoms with Crippen molar-refractivity contribution in [2.45, 2.75) is 50.6 Å². The summed E-state index contributed by atoms with van der Waals surface area (Å²) in [5, 5.41) is 15.6. The first-order valence-electron chi connectivity index (χ1n) is 12.8. The average molecular weight is 519 g/mol. The Morgan fingerprint density at radius 1 is 1.22 bits per heavy atom. The predicted octanol–water partition coefficient (Wildman–Crippen LogP) is 4.09. The van der Waals surface area contributed by atoms with Crippen LogP contribution in [0.1, 0.15) is 54.0 Å². The van der Waals surface area contributed by atoms with Gasteiger partial charge in [-0.25, -0.2) is 4.98 Å². The first-order valence-corrected chi connectivity index (χ1v) is 12.8. The number of aliphatic carboxylic acids is 1. The number of carbonyl (C=O) groups is 2. The van der Waals surface area contributed by atoms with Crippen molar-refractivity contribution in [1.29, 1.82) is 0 Å². The number of piperidine rings is 1. The van der Waals surface area contributed by atoms with E-state index in [0.717, 1.165) is 75.4 Å². The predicted molar refractivity (Wildman–Crippen MR) is 133 cm³/mol. The minimum Gasteiger partial charge on any atom is -0.481 e. The fourth-order valence-electron chi connectivity index (χ4n) is 5.09. The van der Waals surface area contributed by atoms with E-state index in [1.54, 1.807) is 0 Å². The fraction of sp³-hybridized carbons (Fsp3) is 0.519. The summed E-state index contributed by atoms with van der Waals surface area (Å²) in [4.78, 5) is 31.6. The quantitative estimate of drug-likeness (QED) is 0.463. The van der Waals surface area contributed by atoms with Gasteiger partial charge in [-0.3, -0.25) is 9.59 Å². The molecule has 0 saturated carbocycles. The zero-order valence-corrected chi connectivity index (χ0v) is 20.7. The molecule has 200 valence electrons. The molecule has 4 rings (SSSR count). The molecule has 2 aliphatic heterocycles. The van der Waals surface area contributed by atoms with E-state index < -0.39 is 23.6 Å². The Balaban J connectivity index is 1.27. The van der Waals surface area contributed by atoms with Crippen molar-refractivity contribution in [3.63, 3.8) is 0 Å². The van der Waals surface area contributed by atoms with Crippen molar-refractivity contribution >= 4 is 17.7 Å². The number of carboxylic acids is 1. The van der Waals surface area contributed by atoms with E-state index in [-0.39, 0.29) is 23.9 Å². The van der Waals surface area contributed by atoms with Crippen LogP contribution in [-0.4, -0.2) is 59.6 Å². The van der Waals surface area contributed by atoms with Crippen LogP contribution in [0.5, 0.6) is 0 Å². The molecule has 2 aromatic rings. The van der Waals surface area contributed by atoms with Crippen molar-refractivity contribution in [3.05, 3.63) is 58.8 Å². The number of nitrogens with one attached hydrogen (secondary N) is 2. The number of amides is 1. The number of hydrogen-bond acceptors (Lipinski definition) is 5. The Labute approximate surface area is 214 Å². The molecule has 3 N–H and O–H groups in total. The van der Waals surface area contributed by atoms with Crippen LogP contribution < -0.4 is 10.6 Å². The number of pyridine rings is 1. The van der Waals surface area contributed by atoms with Crippen molar-refractivity contribution in [2.75, 3.05) is 38.0 Å². The first-order chi connectivity index (χ1) is 17.7. The lowest BCUT2D eigenvalue weighted by Crippen LogP contribution is -2.44. The summed E-state index contributed by atoms with van der Waals surface area (Å²) in [5.41, 5.74) is 1.41. The Morgan fingerprint density at radius 3 is 2.84 bits per heavy atom. The van der Waals surface area contributed by atoms with Gasteiger partial charge in [-0.1, -0.05) is 24.3 Å². The van der Waals surface area contributed by atoms with Crippen LogP contribution >= 0.6 is 0 Å². The van der Waals surface area contributed by atoms with Gasteiger partial charge in [0.25, 0.3) is 0 Å². The minimum absolute atomic E-state index is 0.0129. The van der Waals surface area contributed by atoms with Crippen molar-refractivity contribution in [3.8, 4) is 0 Å². The van der Waals surface area contributed by atoms with Gasteiger partial charge in [0, 0.05) is 25.3 Å². The van der Waals surface area contributed by atoms with Gasteiger partial charge in [-0.2, -0.15) is 13.2 Å². The van der Waals surface area contributed by atoms with Crippen LogP contribution in [0.15, 0.2) is 36.4 Å². The summed E-state index contributed by atoms with van der Waals surface area (Å²) < 4.78 is 39.2. The number of anilines is 1. The Hall–Kier alpha value is -3.14. The molecular formula is C27H33F3N4O3. The number of carboxylic acid groups (broad SMARTS) is 1. The zero-order chi connectivity index (χ0) is 26.4. The summed E-state index contributed by atoms with van der Waals surface area (Å²) in [6.07, 6.45) is 0.924. The van der Waals surface area contributed by atoms with Crippen LogP contribution in [0.2, 0.25) is 0 Å². The minimum atomic E-state index is -4.57. The van der Waals surface area contributed by atoms with E-state index in [0.29, 0.717) is 13.0 Å². The molecule has 1 unspecified atom stereocenters. The molecule has 1 aromatic carbocycles. The summed E-state index contributed by atoms with van der Waals surface area (Å²) in [5.74, 6) is -2.09. The molecule has 1 aromatic heterocycles. The van der Waals surface area contributed by atoms with Gasteiger partial charge in [0.15, 0.2) is 0 Å². The van der Waals surface area contributed by atoms with Gasteiger partial charge >= 0.3 is 12.1 Å². The summed E-state index contributed by atoms with van der Waals surface area (Å²) >= 11 is 0. The molecule has 2 atom stereocenters. The number of aromatic nitrogens is 1. The Bertz CT molecular complexity index is 1110. The van der Waals surface area contributed by atoms with Crippen LogP contribution in [0.4, 0.5) is 19.0 Å². The molecule has 1 saturated heterocycles. The number of fused-ring (bicyclic) bond motifs is 1. The van der Waals surface area contributed by atoms with Crippen LogP contribution in [0.3, 0.4) is 0 Å². The van der Waals surface area contributed by atoms with Gasteiger partial charge in [-0.05, 0) is 74.9 Å². The second-order valence-electron chi connectivity index (χ2n) is 9.84. The molecular weight excluding hydrogens is 485 g/mol. The number of rotatable bonds is 9.